The van der Waals surface area contributed by atoms with Crippen LogP contribution in [0.4, 0.5) is 0 Å². The van der Waals surface area contributed by atoms with Gasteiger partial charge in [-0.1, -0.05) is 124 Å². The van der Waals surface area contributed by atoms with Crippen molar-refractivity contribution < 1.29 is 24.1 Å². The number of aryl methyl sites for hydroxylation is 1. The van der Waals surface area contributed by atoms with Crippen LogP contribution < -0.4 is 0 Å². The molecule has 1 aliphatic heterocycles. The van der Waals surface area contributed by atoms with E-state index in [1.807, 2.05) is 54.6 Å². The highest BCUT2D eigenvalue weighted by Crippen LogP contribution is 2.15. The molecule has 4 rings (SSSR count). The van der Waals surface area contributed by atoms with Crippen molar-refractivity contribution in [1.82, 2.24) is 0 Å². The lowest BCUT2D eigenvalue weighted by atomic mass is 10.0. The molecule has 0 radical (unpaired) electrons. The maximum atomic E-state index is 10.1. The van der Waals surface area contributed by atoms with E-state index in [9.17, 15) is 4.79 Å². The SMILES string of the molecule is C1CCCCC1.C1COCCO1.CC(C)O.CCCCOC(C)=O.Cc1ccccc1.c1ccccc1. The number of carbonyl (C=O) groups is 1. The van der Waals surface area contributed by atoms with Gasteiger partial charge in [-0.2, -0.15) is 0 Å². The van der Waals surface area contributed by atoms with Gasteiger partial charge in [-0.05, 0) is 27.2 Å². The standard InChI is InChI=1S/C7H8.C6H12O2.C6H12.C6H6.C4H8O2.C3H8O/c1-7-5-3-2-4-6-7;1-3-4-5-8-6(2)7;2*1-2-4-6-5-3-1;1-2-6-4-3-5-1;1-3(2)4/h2-6H,1H3;3-5H2,1-2H3;1-6H2;1-6H;1-4H2;3-4H,1-2H3. The van der Waals surface area contributed by atoms with E-state index in [0.29, 0.717) is 6.61 Å². The summed E-state index contributed by atoms with van der Waals surface area (Å²) in [6.07, 6.45) is 10.9. The molecule has 1 N–H and O–H groups in total. The number of carbonyl (C=O) groups excluding carboxylic acids is 1. The molecule has 2 fully saturated rings. The first-order valence-corrected chi connectivity index (χ1v) is 13.9. The Morgan fingerprint density at radius 2 is 1.11 bits per heavy atom. The van der Waals surface area contributed by atoms with Crippen LogP contribution in [0.25, 0.3) is 0 Å². The van der Waals surface area contributed by atoms with Crippen LogP contribution in [0.5, 0.6) is 0 Å². The Hall–Kier alpha value is -2.21. The van der Waals surface area contributed by atoms with Gasteiger partial charge < -0.3 is 19.3 Å². The van der Waals surface area contributed by atoms with Gasteiger partial charge in [0.2, 0.25) is 0 Å². The highest BCUT2D eigenvalue weighted by Gasteiger charge is 1.95. The summed E-state index contributed by atoms with van der Waals surface area (Å²) in [7, 11) is 0. The molecule has 0 spiro atoms. The monoisotopic (exact) mass is 518 g/mol. The second-order valence-electron chi connectivity index (χ2n) is 8.94. The van der Waals surface area contributed by atoms with Crippen LogP contribution in [0.3, 0.4) is 0 Å². The first-order chi connectivity index (χ1) is 17.9. The molecule has 2 aromatic carbocycles. The Kier molecular flexibility index (Phi) is 31.8. The Labute approximate surface area is 227 Å². The summed E-state index contributed by atoms with van der Waals surface area (Å²) in [4.78, 5) is 10.1. The van der Waals surface area contributed by atoms with E-state index in [0.717, 1.165) is 39.3 Å². The zero-order valence-corrected chi connectivity index (χ0v) is 24.2. The number of unbranched alkanes of at least 4 members (excludes halogenated alkanes) is 1. The molecule has 0 aromatic heterocycles. The quantitative estimate of drug-likeness (QED) is 0.332. The van der Waals surface area contributed by atoms with Crippen molar-refractivity contribution in [2.45, 2.75) is 92.1 Å². The Morgan fingerprint density at radius 1 is 0.784 bits per heavy atom. The molecule has 5 heteroatoms. The third-order valence-electron chi connectivity index (χ3n) is 4.65. The van der Waals surface area contributed by atoms with E-state index in [1.54, 1.807) is 13.8 Å². The first kappa shape index (κ1) is 36.9. The Bertz CT molecular complexity index is 589. The van der Waals surface area contributed by atoms with E-state index >= 15 is 0 Å². The summed E-state index contributed by atoms with van der Waals surface area (Å²) in [6, 6.07) is 22.3. The molecule has 37 heavy (non-hydrogen) atoms. The number of esters is 1. The van der Waals surface area contributed by atoms with Crippen LogP contribution in [0.15, 0.2) is 66.7 Å². The smallest absolute Gasteiger partial charge is 0.302 e. The van der Waals surface area contributed by atoms with Gasteiger partial charge in [-0.3, -0.25) is 4.79 Å². The zero-order chi connectivity index (χ0) is 27.8. The second-order valence-corrected chi connectivity index (χ2v) is 8.94. The van der Waals surface area contributed by atoms with Gasteiger partial charge in [-0.15, -0.1) is 0 Å². The van der Waals surface area contributed by atoms with Crippen LogP contribution in [0.1, 0.15) is 84.6 Å². The maximum absolute atomic E-state index is 10.1. The average Bonchev–Trinajstić information content (AvgIpc) is 2.93. The van der Waals surface area contributed by atoms with E-state index in [2.05, 4.69) is 30.7 Å². The predicted molar refractivity (Wildman–Crippen MR) is 156 cm³/mol. The number of rotatable bonds is 3. The zero-order valence-electron chi connectivity index (χ0n) is 24.2. The van der Waals surface area contributed by atoms with Crippen LogP contribution in [-0.4, -0.2) is 50.2 Å². The minimum atomic E-state index is -0.182. The van der Waals surface area contributed by atoms with Crippen molar-refractivity contribution >= 4 is 5.97 Å². The van der Waals surface area contributed by atoms with Gasteiger partial charge in [-0.25, -0.2) is 0 Å². The molecular formula is C32H54O5. The van der Waals surface area contributed by atoms with Crippen molar-refractivity contribution in [2.75, 3.05) is 33.0 Å². The van der Waals surface area contributed by atoms with Crippen molar-refractivity contribution in [3.8, 4) is 0 Å². The van der Waals surface area contributed by atoms with Gasteiger partial charge in [0.1, 0.15) is 0 Å². The molecule has 2 aromatic rings. The second kappa shape index (κ2) is 31.8. The Balaban J connectivity index is 0. The molecule has 1 saturated carbocycles. The third-order valence-corrected chi connectivity index (χ3v) is 4.65. The summed E-state index contributed by atoms with van der Waals surface area (Å²) in [6.45, 7) is 12.7. The van der Waals surface area contributed by atoms with Crippen LogP contribution in [-0.2, 0) is 19.0 Å². The van der Waals surface area contributed by atoms with E-state index in [1.165, 1.54) is 51.0 Å². The minimum absolute atomic E-state index is 0.167. The molecule has 0 amide bonds. The van der Waals surface area contributed by atoms with Gasteiger partial charge in [0.15, 0.2) is 0 Å². The van der Waals surface area contributed by atoms with E-state index in [-0.39, 0.29) is 12.1 Å². The molecule has 0 unspecified atom stereocenters. The first-order valence-electron chi connectivity index (χ1n) is 13.9. The number of benzene rings is 2. The molecule has 212 valence electrons. The molecular weight excluding hydrogens is 464 g/mol. The largest absolute Gasteiger partial charge is 0.466 e. The number of ether oxygens (including phenoxy) is 3. The fourth-order valence-electron chi connectivity index (χ4n) is 2.78. The molecule has 2 aliphatic rings. The van der Waals surface area contributed by atoms with Crippen LogP contribution in [0, 0.1) is 6.92 Å². The number of aliphatic hydroxyl groups excluding tert-OH is 1. The molecule has 0 bridgehead atoms. The topological polar surface area (TPSA) is 65.0 Å². The Morgan fingerprint density at radius 3 is 1.32 bits per heavy atom. The lowest BCUT2D eigenvalue weighted by molar-refractivity contribution is -0.141. The minimum Gasteiger partial charge on any atom is -0.466 e. The normalized spacial score (nSPS) is 13.6. The molecule has 0 atom stereocenters. The summed E-state index contributed by atoms with van der Waals surface area (Å²) >= 11 is 0. The van der Waals surface area contributed by atoms with Gasteiger partial charge >= 0.3 is 5.97 Å². The summed E-state index contributed by atoms with van der Waals surface area (Å²) < 4.78 is 14.5. The number of hydrogen-bond donors (Lipinski definition) is 1. The van der Waals surface area contributed by atoms with Crippen molar-refractivity contribution in [1.29, 1.82) is 0 Å². The maximum Gasteiger partial charge on any atom is 0.302 e. The van der Waals surface area contributed by atoms with Gasteiger partial charge in [0, 0.05) is 13.0 Å². The van der Waals surface area contributed by atoms with Crippen LogP contribution >= 0.6 is 0 Å². The van der Waals surface area contributed by atoms with Crippen molar-refractivity contribution in [3.05, 3.63) is 72.3 Å². The summed E-state index contributed by atoms with van der Waals surface area (Å²) in [5.41, 5.74) is 1.32. The lowest BCUT2D eigenvalue weighted by Crippen LogP contribution is -2.16. The number of aliphatic hydroxyl groups is 1. The van der Waals surface area contributed by atoms with Gasteiger partial charge in [0.25, 0.3) is 0 Å². The molecule has 1 aliphatic carbocycles. The van der Waals surface area contributed by atoms with Crippen LogP contribution in [0.2, 0.25) is 0 Å². The fourth-order valence-corrected chi connectivity index (χ4v) is 2.78. The number of hydrogen-bond acceptors (Lipinski definition) is 5. The van der Waals surface area contributed by atoms with Crippen molar-refractivity contribution in [2.24, 2.45) is 0 Å². The van der Waals surface area contributed by atoms with E-state index < -0.39 is 0 Å². The predicted octanol–water partition coefficient (Wildman–Crippen LogP) is 7.79. The highest BCUT2D eigenvalue weighted by atomic mass is 16.6. The van der Waals surface area contributed by atoms with Crippen molar-refractivity contribution in [3.63, 3.8) is 0 Å². The van der Waals surface area contributed by atoms with Gasteiger partial charge in [0.05, 0.1) is 33.0 Å². The summed E-state index contributed by atoms with van der Waals surface area (Å²) in [5, 5.41) is 8.06. The summed E-state index contributed by atoms with van der Waals surface area (Å²) in [5.74, 6) is -0.182. The highest BCUT2D eigenvalue weighted by molar-refractivity contribution is 5.65. The fraction of sp³-hybridized carbons (Fsp3) is 0.594. The average molecular weight is 519 g/mol. The molecule has 1 saturated heterocycles. The third kappa shape index (κ3) is 41.2. The lowest BCUT2D eigenvalue weighted by Gasteiger charge is -2.09. The molecule has 5 nitrogen and oxygen atoms in total. The van der Waals surface area contributed by atoms with E-state index in [4.69, 9.17) is 14.6 Å². The molecule has 1 heterocycles.